The highest BCUT2D eigenvalue weighted by molar-refractivity contribution is 8.26. The Hall–Kier alpha value is -2.63. The zero-order chi connectivity index (χ0) is 20.2. The molecule has 29 heavy (non-hydrogen) atoms. The third-order valence-electron chi connectivity index (χ3n) is 4.97. The van der Waals surface area contributed by atoms with Crippen molar-refractivity contribution in [3.63, 3.8) is 0 Å². The van der Waals surface area contributed by atoms with E-state index in [4.69, 9.17) is 16.6 Å². The number of nitrogens with zero attached hydrogens (tertiary/aromatic N) is 4. The Morgan fingerprint density at radius 3 is 2.72 bits per heavy atom. The van der Waals surface area contributed by atoms with Crippen molar-refractivity contribution in [2.45, 2.75) is 25.7 Å². The summed E-state index contributed by atoms with van der Waals surface area (Å²) in [4.78, 5) is 21.2. The largest absolute Gasteiger partial charge is 0.420 e. The van der Waals surface area contributed by atoms with Gasteiger partial charge in [0.05, 0.1) is 4.91 Å². The van der Waals surface area contributed by atoms with Crippen molar-refractivity contribution in [1.29, 1.82) is 5.26 Å². The standard InChI is InChI=1S/C21H20N4O2S2/c22-14-16-20(24-10-5-2-6-11-24)27-18(23-16)13-17-19(26)25(21(28)29-17)12-9-15-7-3-1-4-8-15/h1,3-4,7-8,13H,2,5-6,9-12H2/b17-13+. The number of piperidine rings is 1. The predicted molar refractivity (Wildman–Crippen MR) is 117 cm³/mol. The van der Waals surface area contributed by atoms with E-state index in [-0.39, 0.29) is 17.5 Å². The number of amides is 1. The minimum absolute atomic E-state index is 0.146. The van der Waals surface area contributed by atoms with Gasteiger partial charge < -0.3 is 9.32 Å². The van der Waals surface area contributed by atoms with Crippen molar-refractivity contribution in [2.24, 2.45) is 0 Å². The fourth-order valence-corrected chi connectivity index (χ4v) is 4.74. The molecule has 0 atom stereocenters. The van der Waals surface area contributed by atoms with Gasteiger partial charge in [0.25, 0.3) is 5.91 Å². The summed E-state index contributed by atoms with van der Waals surface area (Å²) < 4.78 is 6.37. The Labute approximate surface area is 179 Å². The number of carbonyl (C=O) groups excluding carboxylic acids is 1. The number of hydrogen-bond acceptors (Lipinski definition) is 7. The topological polar surface area (TPSA) is 73.4 Å². The summed E-state index contributed by atoms with van der Waals surface area (Å²) in [6, 6.07) is 12.1. The molecule has 2 fully saturated rings. The Morgan fingerprint density at radius 1 is 1.24 bits per heavy atom. The van der Waals surface area contributed by atoms with Gasteiger partial charge in [-0.1, -0.05) is 54.3 Å². The molecular weight excluding hydrogens is 404 g/mol. The van der Waals surface area contributed by atoms with Crippen LogP contribution in [0.1, 0.15) is 36.4 Å². The Morgan fingerprint density at radius 2 is 2.00 bits per heavy atom. The number of rotatable bonds is 5. The molecule has 1 amide bonds. The summed E-state index contributed by atoms with van der Waals surface area (Å²) in [6.07, 6.45) is 5.65. The second-order valence-corrected chi connectivity index (χ2v) is 8.61. The van der Waals surface area contributed by atoms with E-state index < -0.39 is 0 Å². The lowest BCUT2D eigenvalue weighted by atomic mass is 10.1. The fraction of sp³-hybridized carbons (Fsp3) is 0.333. The second-order valence-electron chi connectivity index (χ2n) is 6.93. The van der Waals surface area contributed by atoms with Gasteiger partial charge in [0.15, 0.2) is 0 Å². The highest BCUT2D eigenvalue weighted by Crippen LogP contribution is 2.34. The van der Waals surface area contributed by atoms with Gasteiger partial charge in [-0.3, -0.25) is 9.69 Å². The van der Waals surface area contributed by atoms with Crippen molar-refractivity contribution in [3.05, 3.63) is 52.4 Å². The summed E-state index contributed by atoms with van der Waals surface area (Å²) in [5.41, 5.74) is 1.42. The van der Waals surface area contributed by atoms with E-state index in [0.717, 1.165) is 37.9 Å². The molecular formula is C21H20N4O2S2. The molecule has 4 rings (SSSR count). The molecule has 6 nitrogen and oxygen atoms in total. The number of hydrogen-bond donors (Lipinski definition) is 0. The number of carbonyl (C=O) groups is 1. The molecule has 0 spiro atoms. The maximum atomic E-state index is 12.8. The first-order valence-electron chi connectivity index (χ1n) is 9.61. The van der Waals surface area contributed by atoms with Crippen LogP contribution in [0.15, 0.2) is 39.7 Å². The quantitative estimate of drug-likeness (QED) is 0.531. The molecule has 0 bridgehead atoms. The highest BCUT2D eigenvalue weighted by Gasteiger charge is 2.32. The van der Waals surface area contributed by atoms with Crippen molar-refractivity contribution in [2.75, 3.05) is 24.5 Å². The molecule has 2 aliphatic heterocycles. The van der Waals surface area contributed by atoms with Crippen LogP contribution in [0.3, 0.4) is 0 Å². The SMILES string of the molecule is N#Cc1nc(/C=C2/SC(=S)N(CCc3ccccc3)C2=O)oc1N1CCCCC1. The minimum atomic E-state index is -0.146. The van der Waals surface area contributed by atoms with E-state index in [1.165, 1.54) is 18.2 Å². The predicted octanol–water partition coefficient (Wildman–Crippen LogP) is 3.98. The van der Waals surface area contributed by atoms with Crippen LogP contribution >= 0.6 is 24.0 Å². The fourth-order valence-electron chi connectivity index (χ4n) is 3.46. The molecule has 1 aromatic heterocycles. The van der Waals surface area contributed by atoms with Crippen LogP contribution in [-0.4, -0.2) is 39.7 Å². The van der Waals surface area contributed by atoms with Crippen molar-refractivity contribution in [1.82, 2.24) is 9.88 Å². The molecule has 2 aromatic rings. The highest BCUT2D eigenvalue weighted by atomic mass is 32.2. The average molecular weight is 425 g/mol. The maximum Gasteiger partial charge on any atom is 0.266 e. The summed E-state index contributed by atoms with van der Waals surface area (Å²) >= 11 is 6.64. The second kappa shape index (κ2) is 8.80. The molecule has 2 saturated heterocycles. The minimum Gasteiger partial charge on any atom is -0.420 e. The molecule has 0 unspecified atom stereocenters. The van der Waals surface area contributed by atoms with Crippen LogP contribution in [0.25, 0.3) is 6.08 Å². The Bertz CT molecular complexity index is 988. The summed E-state index contributed by atoms with van der Waals surface area (Å²) in [6.45, 7) is 2.23. The monoisotopic (exact) mass is 424 g/mol. The van der Waals surface area contributed by atoms with Gasteiger partial charge in [-0.15, -0.1) is 0 Å². The van der Waals surface area contributed by atoms with Crippen LogP contribution in [-0.2, 0) is 11.2 Å². The molecule has 148 valence electrons. The van der Waals surface area contributed by atoms with Gasteiger partial charge >= 0.3 is 0 Å². The molecule has 0 aliphatic carbocycles. The van der Waals surface area contributed by atoms with Crippen LogP contribution in [0, 0.1) is 11.3 Å². The lowest BCUT2D eigenvalue weighted by Crippen LogP contribution is -2.30. The number of thiocarbonyl (C=S) groups is 1. The lowest BCUT2D eigenvalue weighted by Gasteiger charge is -2.25. The van der Waals surface area contributed by atoms with Gasteiger partial charge in [-0.2, -0.15) is 10.2 Å². The molecule has 8 heteroatoms. The van der Waals surface area contributed by atoms with Crippen molar-refractivity contribution in [3.8, 4) is 6.07 Å². The zero-order valence-electron chi connectivity index (χ0n) is 15.8. The average Bonchev–Trinajstić information content (AvgIpc) is 3.28. The number of aromatic nitrogens is 1. The van der Waals surface area contributed by atoms with Crippen LogP contribution in [0.5, 0.6) is 0 Å². The van der Waals surface area contributed by atoms with Crippen LogP contribution in [0.2, 0.25) is 0 Å². The Balaban J connectivity index is 1.49. The first-order chi connectivity index (χ1) is 14.2. The number of nitriles is 1. The Kier molecular flexibility index (Phi) is 5.97. The molecule has 0 saturated carbocycles. The van der Waals surface area contributed by atoms with E-state index in [0.29, 0.717) is 21.7 Å². The third-order valence-corrected chi connectivity index (χ3v) is 6.35. The van der Waals surface area contributed by atoms with E-state index >= 15 is 0 Å². The van der Waals surface area contributed by atoms with Gasteiger partial charge in [-0.25, -0.2) is 0 Å². The summed E-state index contributed by atoms with van der Waals surface area (Å²) in [5.74, 6) is 0.621. The molecule has 0 radical (unpaired) electrons. The van der Waals surface area contributed by atoms with E-state index in [1.807, 2.05) is 30.3 Å². The molecule has 2 aliphatic rings. The van der Waals surface area contributed by atoms with Gasteiger partial charge in [0.1, 0.15) is 10.4 Å². The molecule has 0 N–H and O–H groups in total. The lowest BCUT2D eigenvalue weighted by molar-refractivity contribution is -0.122. The third kappa shape index (κ3) is 4.36. The zero-order valence-corrected chi connectivity index (χ0v) is 17.5. The maximum absolute atomic E-state index is 12.8. The molecule has 3 heterocycles. The van der Waals surface area contributed by atoms with Crippen LogP contribution in [0.4, 0.5) is 5.88 Å². The van der Waals surface area contributed by atoms with Gasteiger partial charge in [0, 0.05) is 25.7 Å². The molecule has 1 aromatic carbocycles. The smallest absolute Gasteiger partial charge is 0.266 e. The van der Waals surface area contributed by atoms with E-state index in [9.17, 15) is 10.1 Å². The summed E-state index contributed by atoms with van der Waals surface area (Å²) in [5, 5.41) is 9.42. The first-order valence-corrected chi connectivity index (χ1v) is 10.8. The number of anilines is 1. The normalized spacial score (nSPS) is 18.5. The number of thioether (sulfide) groups is 1. The van der Waals surface area contributed by atoms with E-state index in [2.05, 4.69) is 16.0 Å². The first kappa shape index (κ1) is 19.7. The van der Waals surface area contributed by atoms with Gasteiger partial charge in [-0.05, 0) is 31.2 Å². The van der Waals surface area contributed by atoms with Crippen molar-refractivity contribution >= 4 is 46.2 Å². The van der Waals surface area contributed by atoms with Crippen LogP contribution < -0.4 is 4.90 Å². The summed E-state index contributed by atoms with van der Waals surface area (Å²) in [7, 11) is 0. The number of benzene rings is 1. The van der Waals surface area contributed by atoms with Crippen molar-refractivity contribution < 1.29 is 9.21 Å². The number of oxazole rings is 1. The van der Waals surface area contributed by atoms with E-state index in [1.54, 1.807) is 11.0 Å². The van der Waals surface area contributed by atoms with Gasteiger partial charge in [0.2, 0.25) is 17.5 Å².